The van der Waals surface area contributed by atoms with E-state index < -0.39 is 6.10 Å². The Hall–Kier alpha value is -0.420. The van der Waals surface area contributed by atoms with Crippen LogP contribution in [0.3, 0.4) is 0 Å². The van der Waals surface area contributed by atoms with E-state index in [1.807, 2.05) is 13.0 Å². The van der Waals surface area contributed by atoms with Gasteiger partial charge in [0, 0.05) is 17.3 Å². The second-order valence-corrected chi connectivity index (χ2v) is 4.81. The highest BCUT2D eigenvalue weighted by atomic mass is 35.5. The zero-order valence-electron chi connectivity index (χ0n) is 9.15. The highest BCUT2D eigenvalue weighted by Gasteiger charge is 2.06. The molecule has 0 radical (unpaired) electrons. The van der Waals surface area contributed by atoms with Gasteiger partial charge in [-0.25, -0.2) is 0 Å². The van der Waals surface area contributed by atoms with E-state index in [9.17, 15) is 5.11 Å². The van der Waals surface area contributed by atoms with Crippen molar-refractivity contribution in [3.63, 3.8) is 0 Å². The minimum atomic E-state index is -0.457. The number of nitrogen functional groups attached to an aromatic ring is 1. The molecule has 5 heteroatoms. The number of aliphatic hydroxyl groups is 1. The number of nitrogens with two attached hydrogens (primary N) is 1. The summed E-state index contributed by atoms with van der Waals surface area (Å²) in [5.41, 5.74) is 6.17. The van der Waals surface area contributed by atoms with Gasteiger partial charge in [0.25, 0.3) is 0 Å². The van der Waals surface area contributed by atoms with Gasteiger partial charge in [-0.3, -0.25) is 0 Å². The molecule has 0 aliphatic carbocycles. The first kappa shape index (κ1) is 13.6. The third-order valence-corrected chi connectivity index (χ3v) is 3.39. The minimum Gasteiger partial charge on any atom is -0.398 e. The van der Waals surface area contributed by atoms with Crippen LogP contribution in [-0.2, 0) is 4.74 Å². The van der Waals surface area contributed by atoms with E-state index >= 15 is 0 Å². The van der Waals surface area contributed by atoms with Crippen LogP contribution in [0, 0.1) is 0 Å². The number of rotatable bonds is 6. The summed E-state index contributed by atoms with van der Waals surface area (Å²) in [7, 11) is 0. The molecule has 0 spiro atoms. The van der Waals surface area contributed by atoms with E-state index in [1.54, 1.807) is 12.1 Å². The summed E-state index contributed by atoms with van der Waals surface area (Å²) in [4.78, 5) is 0.995. The molecule has 0 heterocycles. The lowest BCUT2D eigenvalue weighted by molar-refractivity contribution is 0.0551. The topological polar surface area (TPSA) is 55.5 Å². The van der Waals surface area contributed by atoms with Gasteiger partial charge in [-0.05, 0) is 25.1 Å². The first-order valence-electron chi connectivity index (χ1n) is 5.07. The lowest BCUT2D eigenvalue weighted by Crippen LogP contribution is -2.17. The molecule has 0 saturated heterocycles. The van der Waals surface area contributed by atoms with Crippen LogP contribution < -0.4 is 5.73 Å². The fraction of sp³-hybridized carbons (Fsp3) is 0.455. The van der Waals surface area contributed by atoms with E-state index in [-0.39, 0.29) is 0 Å². The maximum absolute atomic E-state index is 9.56. The van der Waals surface area contributed by atoms with Crippen LogP contribution in [0.25, 0.3) is 0 Å². The van der Waals surface area contributed by atoms with Crippen molar-refractivity contribution >= 4 is 29.1 Å². The van der Waals surface area contributed by atoms with E-state index in [0.29, 0.717) is 29.7 Å². The number of hydrogen-bond donors (Lipinski definition) is 2. The maximum atomic E-state index is 9.56. The smallest absolute Gasteiger partial charge is 0.0867 e. The Kier molecular flexibility index (Phi) is 5.98. The highest BCUT2D eigenvalue weighted by Crippen LogP contribution is 2.26. The molecular weight excluding hydrogens is 246 g/mol. The molecule has 0 bridgehead atoms. The molecule has 0 saturated carbocycles. The molecule has 90 valence electrons. The van der Waals surface area contributed by atoms with Crippen LogP contribution >= 0.6 is 23.4 Å². The van der Waals surface area contributed by atoms with E-state index in [1.165, 1.54) is 11.8 Å². The number of halogens is 1. The molecule has 3 nitrogen and oxygen atoms in total. The fourth-order valence-electron chi connectivity index (χ4n) is 1.09. The van der Waals surface area contributed by atoms with Crippen molar-refractivity contribution in [1.29, 1.82) is 0 Å². The third-order valence-electron chi connectivity index (χ3n) is 1.93. The van der Waals surface area contributed by atoms with Gasteiger partial charge >= 0.3 is 0 Å². The molecule has 1 aromatic carbocycles. The minimum absolute atomic E-state index is 0.367. The van der Waals surface area contributed by atoms with Crippen LogP contribution in [-0.4, -0.2) is 30.2 Å². The molecule has 16 heavy (non-hydrogen) atoms. The van der Waals surface area contributed by atoms with E-state index in [0.717, 1.165) is 4.90 Å². The third kappa shape index (κ3) is 4.61. The molecule has 1 atom stereocenters. The van der Waals surface area contributed by atoms with Crippen molar-refractivity contribution in [1.82, 2.24) is 0 Å². The van der Waals surface area contributed by atoms with Crippen molar-refractivity contribution < 1.29 is 9.84 Å². The number of thioether (sulfide) groups is 1. The summed E-state index contributed by atoms with van der Waals surface area (Å²) >= 11 is 7.42. The number of ether oxygens (including phenoxy) is 1. The van der Waals surface area contributed by atoms with Crippen molar-refractivity contribution in [3.8, 4) is 0 Å². The van der Waals surface area contributed by atoms with Gasteiger partial charge in [0.2, 0.25) is 0 Å². The molecule has 1 aromatic rings. The summed E-state index contributed by atoms with van der Waals surface area (Å²) in [6, 6.07) is 5.45. The van der Waals surface area contributed by atoms with Crippen molar-refractivity contribution in [2.45, 2.75) is 17.9 Å². The van der Waals surface area contributed by atoms with Gasteiger partial charge in [0.05, 0.1) is 23.4 Å². The Labute approximate surface area is 105 Å². The fourth-order valence-corrected chi connectivity index (χ4v) is 2.18. The molecule has 0 amide bonds. The van der Waals surface area contributed by atoms with E-state index in [2.05, 4.69) is 0 Å². The summed E-state index contributed by atoms with van der Waals surface area (Å²) < 4.78 is 5.12. The van der Waals surface area contributed by atoms with E-state index in [4.69, 9.17) is 22.1 Å². The lowest BCUT2D eigenvalue weighted by atomic mass is 10.3. The number of hydrogen-bond acceptors (Lipinski definition) is 4. The van der Waals surface area contributed by atoms with Gasteiger partial charge < -0.3 is 15.6 Å². The van der Waals surface area contributed by atoms with Gasteiger partial charge in [-0.1, -0.05) is 11.6 Å². The highest BCUT2D eigenvalue weighted by molar-refractivity contribution is 7.99. The standard InChI is InChI=1S/C11H16ClNO2S/c1-2-15-6-8(14)7-16-9-3-4-11(13)10(12)5-9/h3-5,8,14H,2,6-7,13H2,1H3. The first-order chi connectivity index (χ1) is 7.63. The van der Waals surface area contributed by atoms with Gasteiger partial charge in [-0.15, -0.1) is 11.8 Å². The quantitative estimate of drug-likeness (QED) is 0.610. The largest absolute Gasteiger partial charge is 0.398 e. The Bertz CT molecular complexity index is 336. The molecule has 1 rings (SSSR count). The molecular formula is C11H16ClNO2S. The zero-order chi connectivity index (χ0) is 12.0. The summed E-state index contributed by atoms with van der Waals surface area (Å²) in [5, 5.41) is 10.1. The second-order valence-electron chi connectivity index (χ2n) is 3.31. The predicted octanol–water partition coefficient (Wildman–Crippen LogP) is 2.41. The molecule has 0 aliphatic rings. The summed E-state index contributed by atoms with van der Waals surface area (Å²) in [5.74, 6) is 0.584. The normalized spacial score (nSPS) is 12.7. The lowest BCUT2D eigenvalue weighted by Gasteiger charge is -2.10. The molecule has 0 fully saturated rings. The molecule has 1 unspecified atom stereocenters. The molecule has 0 aliphatic heterocycles. The number of anilines is 1. The Morgan fingerprint density at radius 3 is 2.94 bits per heavy atom. The van der Waals surface area contributed by atoms with Gasteiger partial charge in [0.1, 0.15) is 0 Å². The first-order valence-corrected chi connectivity index (χ1v) is 6.43. The van der Waals surface area contributed by atoms with Crippen molar-refractivity contribution in [2.24, 2.45) is 0 Å². The van der Waals surface area contributed by atoms with Crippen LogP contribution in [0.15, 0.2) is 23.1 Å². The van der Waals surface area contributed by atoms with Gasteiger partial charge in [0.15, 0.2) is 0 Å². The van der Waals surface area contributed by atoms with Crippen molar-refractivity contribution in [3.05, 3.63) is 23.2 Å². The SMILES string of the molecule is CCOCC(O)CSc1ccc(N)c(Cl)c1. The van der Waals surface area contributed by atoms with Crippen LogP contribution in [0.5, 0.6) is 0 Å². The average molecular weight is 262 g/mol. The number of aliphatic hydroxyl groups excluding tert-OH is 1. The zero-order valence-corrected chi connectivity index (χ0v) is 10.7. The molecule has 3 N–H and O–H groups in total. The monoisotopic (exact) mass is 261 g/mol. The van der Waals surface area contributed by atoms with Crippen LogP contribution in [0.4, 0.5) is 5.69 Å². The summed E-state index contributed by atoms with van der Waals surface area (Å²) in [6.45, 7) is 2.89. The predicted molar refractivity (Wildman–Crippen MR) is 69.1 cm³/mol. The Morgan fingerprint density at radius 2 is 2.31 bits per heavy atom. The van der Waals surface area contributed by atoms with Crippen LogP contribution in [0.2, 0.25) is 5.02 Å². The second kappa shape index (κ2) is 7.01. The summed E-state index contributed by atoms with van der Waals surface area (Å²) in [6.07, 6.45) is -0.457. The Morgan fingerprint density at radius 1 is 1.56 bits per heavy atom. The number of benzene rings is 1. The molecule has 0 aromatic heterocycles. The Balaban J connectivity index is 2.39. The average Bonchev–Trinajstić information content (AvgIpc) is 2.28. The van der Waals surface area contributed by atoms with Crippen LogP contribution in [0.1, 0.15) is 6.92 Å². The van der Waals surface area contributed by atoms with Gasteiger partial charge in [-0.2, -0.15) is 0 Å². The van der Waals surface area contributed by atoms with Crippen molar-refractivity contribution in [2.75, 3.05) is 24.7 Å². The maximum Gasteiger partial charge on any atom is 0.0867 e.